The lowest BCUT2D eigenvalue weighted by atomic mass is 10.2. The fourth-order valence-electron chi connectivity index (χ4n) is 3.72. The van der Waals surface area contributed by atoms with Gasteiger partial charge in [0.25, 0.3) is 0 Å². The van der Waals surface area contributed by atoms with Crippen LogP contribution in [-0.4, -0.2) is 79.1 Å². The van der Waals surface area contributed by atoms with Crippen molar-refractivity contribution < 1.29 is 23.1 Å². The van der Waals surface area contributed by atoms with Crippen LogP contribution in [0.25, 0.3) is 0 Å². The van der Waals surface area contributed by atoms with E-state index >= 15 is 0 Å². The second kappa shape index (κ2) is 13.7. The van der Waals surface area contributed by atoms with Crippen LogP contribution >= 0.6 is 0 Å². The first-order valence-electron chi connectivity index (χ1n) is 11.9. The van der Waals surface area contributed by atoms with Crippen LogP contribution in [0.3, 0.4) is 0 Å². The minimum atomic E-state index is -0.328. The van der Waals surface area contributed by atoms with Gasteiger partial charge in [0, 0.05) is 39.3 Å². The van der Waals surface area contributed by atoms with E-state index in [1.165, 1.54) is 12.1 Å². The third-order valence-corrected chi connectivity index (χ3v) is 5.78. The molecule has 0 radical (unpaired) electrons. The summed E-state index contributed by atoms with van der Waals surface area (Å²) in [7, 11) is 0. The van der Waals surface area contributed by atoms with E-state index < -0.39 is 0 Å². The molecule has 1 fully saturated rings. The number of urea groups is 1. The summed E-state index contributed by atoms with van der Waals surface area (Å²) in [4.78, 5) is 31.7. The van der Waals surface area contributed by atoms with E-state index in [1.54, 1.807) is 40.3 Å². The zero-order valence-corrected chi connectivity index (χ0v) is 19.9. The molecule has 3 amide bonds. The average Bonchev–Trinajstić information content (AvgIpc) is 3.36. The van der Waals surface area contributed by atoms with Crippen molar-refractivity contribution in [3.8, 4) is 0 Å². The number of carbonyl (C=O) groups excluding carboxylic acids is 2. The number of halogens is 1. The van der Waals surface area contributed by atoms with Crippen LogP contribution in [0, 0.1) is 5.82 Å². The van der Waals surface area contributed by atoms with Crippen molar-refractivity contribution in [1.82, 2.24) is 20.0 Å². The quantitative estimate of drug-likeness (QED) is 0.479. The Kier molecular flexibility index (Phi) is 10.4. The van der Waals surface area contributed by atoms with Gasteiger partial charge in [-0.1, -0.05) is 25.5 Å². The topological polar surface area (TPSA) is 78.3 Å². The molecule has 2 heterocycles. The molecule has 2 aromatic rings. The number of amides is 3. The molecule has 1 aliphatic rings. The maximum Gasteiger partial charge on any atom is 0.317 e. The molecule has 34 heavy (non-hydrogen) atoms. The Balaban J connectivity index is 1.68. The molecule has 0 atom stereocenters. The monoisotopic (exact) mass is 474 g/mol. The number of unbranched alkanes of at least 4 members (excludes halogenated alkanes) is 1. The smallest absolute Gasteiger partial charge is 0.317 e. The highest BCUT2D eigenvalue weighted by molar-refractivity contribution is 5.84. The summed E-state index contributed by atoms with van der Waals surface area (Å²) in [6, 6.07) is 9.40. The number of nitrogens with one attached hydrogen (secondary N) is 1. The minimum Gasteiger partial charge on any atom is -0.467 e. The van der Waals surface area contributed by atoms with Gasteiger partial charge in [-0.2, -0.15) is 0 Å². The van der Waals surface area contributed by atoms with Gasteiger partial charge in [-0.05, 0) is 36.2 Å². The van der Waals surface area contributed by atoms with Gasteiger partial charge in [-0.25, -0.2) is 9.18 Å². The predicted octanol–water partition coefficient (Wildman–Crippen LogP) is 3.09. The lowest BCUT2D eigenvalue weighted by molar-refractivity contribution is -0.133. The minimum absolute atomic E-state index is 0.0514. The zero-order chi connectivity index (χ0) is 24.2. The Morgan fingerprint density at radius 2 is 1.85 bits per heavy atom. The number of hydrogen-bond acceptors (Lipinski definition) is 5. The number of hydrogen-bond donors (Lipinski definition) is 1. The maximum atomic E-state index is 13.4. The van der Waals surface area contributed by atoms with Crippen molar-refractivity contribution >= 4 is 11.9 Å². The van der Waals surface area contributed by atoms with Crippen LogP contribution in [0.2, 0.25) is 0 Å². The van der Waals surface area contributed by atoms with E-state index in [1.807, 2.05) is 0 Å². The number of morpholine rings is 1. The van der Waals surface area contributed by atoms with E-state index in [-0.39, 0.29) is 37.4 Å². The standard InChI is InChI=1S/C25H35FN4O4/c1-2-3-10-27-25(32)29(12-11-28-13-16-33-17-14-28)20-24(31)30(19-23-5-4-15-34-23)18-21-6-8-22(26)9-7-21/h4-9,15H,2-3,10-14,16-20H2,1H3,(H,27,32). The Hall–Kier alpha value is -2.91. The molecule has 8 nitrogen and oxygen atoms in total. The summed E-state index contributed by atoms with van der Waals surface area (Å²) < 4.78 is 24.2. The first-order chi connectivity index (χ1) is 16.5. The number of carbonyl (C=O) groups is 2. The summed E-state index contributed by atoms with van der Waals surface area (Å²) in [5.74, 6) is 0.113. The third-order valence-electron chi connectivity index (χ3n) is 5.78. The van der Waals surface area contributed by atoms with Gasteiger partial charge in [0.2, 0.25) is 5.91 Å². The van der Waals surface area contributed by atoms with Crippen molar-refractivity contribution in [2.45, 2.75) is 32.9 Å². The maximum absolute atomic E-state index is 13.4. The van der Waals surface area contributed by atoms with E-state index in [2.05, 4.69) is 17.1 Å². The number of nitrogens with zero attached hydrogens (tertiary/aromatic N) is 3. The lowest BCUT2D eigenvalue weighted by Gasteiger charge is -2.31. The largest absolute Gasteiger partial charge is 0.467 e. The van der Waals surface area contributed by atoms with Gasteiger partial charge in [0.1, 0.15) is 18.1 Å². The van der Waals surface area contributed by atoms with Crippen LogP contribution in [0.5, 0.6) is 0 Å². The van der Waals surface area contributed by atoms with Crippen LogP contribution in [0.15, 0.2) is 47.1 Å². The number of benzene rings is 1. The van der Waals surface area contributed by atoms with Gasteiger partial charge in [0.05, 0.1) is 26.0 Å². The van der Waals surface area contributed by atoms with Crippen LogP contribution < -0.4 is 5.32 Å². The molecule has 186 valence electrons. The van der Waals surface area contributed by atoms with Crippen molar-refractivity contribution in [2.24, 2.45) is 0 Å². The molecule has 0 spiro atoms. The molecular formula is C25H35FN4O4. The second-order valence-corrected chi connectivity index (χ2v) is 8.42. The highest BCUT2D eigenvalue weighted by Crippen LogP contribution is 2.13. The predicted molar refractivity (Wildman–Crippen MR) is 127 cm³/mol. The Bertz CT molecular complexity index is 870. The zero-order valence-electron chi connectivity index (χ0n) is 19.9. The highest BCUT2D eigenvalue weighted by atomic mass is 19.1. The van der Waals surface area contributed by atoms with Gasteiger partial charge < -0.3 is 24.3 Å². The average molecular weight is 475 g/mol. The summed E-state index contributed by atoms with van der Waals surface area (Å²) in [6.45, 7) is 7.23. The molecule has 0 saturated carbocycles. The number of ether oxygens (including phenoxy) is 1. The lowest BCUT2D eigenvalue weighted by Crippen LogP contribution is -2.50. The van der Waals surface area contributed by atoms with Gasteiger partial charge >= 0.3 is 6.03 Å². The van der Waals surface area contributed by atoms with Crippen LogP contribution in [0.1, 0.15) is 31.1 Å². The first-order valence-corrected chi connectivity index (χ1v) is 11.9. The fraction of sp³-hybridized carbons (Fsp3) is 0.520. The first kappa shape index (κ1) is 25.7. The molecule has 1 aliphatic heterocycles. The highest BCUT2D eigenvalue weighted by Gasteiger charge is 2.23. The van der Waals surface area contributed by atoms with E-state index in [0.29, 0.717) is 38.6 Å². The van der Waals surface area contributed by atoms with E-state index in [4.69, 9.17) is 9.15 Å². The van der Waals surface area contributed by atoms with Crippen LogP contribution in [0.4, 0.5) is 9.18 Å². The summed E-state index contributed by atoms with van der Waals surface area (Å²) in [5, 5.41) is 2.93. The molecule has 1 N–H and O–H groups in total. The molecule has 9 heteroatoms. The molecule has 1 aromatic heterocycles. The van der Waals surface area contributed by atoms with E-state index in [0.717, 1.165) is 31.5 Å². The Morgan fingerprint density at radius 1 is 1.09 bits per heavy atom. The Morgan fingerprint density at radius 3 is 2.53 bits per heavy atom. The molecule has 0 aliphatic carbocycles. The molecule has 1 saturated heterocycles. The third kappa shape index (κ3) is 8.46. The van der Waals surface area contributed by atoms with Crippen molar-refractivity contribution in [1.29, 1.82) is 0 Å². The van der Waals surface area contributed by atoms with Crippen LogP contribution in [-0.2, 0) is 22.6 Å². The molecule has 0 unspecified atom stereocenters. The molecule has 0 bridgehead atoms. The second-order valence-electron chi connectivity index (χ2n) is 8.42. The summed E-state index contributed by atoms with van der Waals surface area (Å²) in [6.07, 6.45) is 3.42. The van der Waals surface area contributed by atoms with Gasteiger partial charge in [0.15, 0.2) is 0 Å². The molecular weight excluding hydrogens is 439 g/mol. The van der Waals surface area contributed by atoms with E-state index in [9.17, 15) is 14.0 Å². The summed E-state index contributed by atoms with van der Waals surface area (Å²) in [5.41, 5.74) is 0.800. The van der Waals surface area contributed by atoms with Crippen molar-refractivity contribution in [2.75, 3.05) is 52.5 Å². The number of furan rings is 1. The number of rotatable bonds is 12. The van der Waals surface area contributed by atoms with Gasteiger partial charge in [-0.3, -0.25) is 9.69 Å². The fourth-order valence-corrected chi connectivity index (χ4v) is 3.72. The Labute approximate surface area is 200 Å². The van der Waals surface area contributed by atoms with Crippen molar-refractivity contribution in [3.05, 3.63) is 59.8 Å². The summed E-state index contributed by atoms with van der Waals surface area (Å²) >= 11 is 0. The SMILES string of the molecule is CCCCNC(=O)N(CCN1CCOCC1)CC(=O)N(Cc1ccc(F)cc1)Cc1ccco1. The molecule has 1 aromatic carbocycles. The van der Waals surface area contributed by atoms with Crippen molar-refractivity contribution in [3.63, 3.8) is 0 Å². The molecule has 3 rings (SSSR count). The van der Waals surface area contributed by atoms with Gasteiger partial charge in [-0.15, -0.1) is 0 Å². The normalized spacial score (nSPS) is 14.1.